The molecule has 0 amide bonds. The number of thiol groups is 1. The van der Waals surface area contributed by atoms with Gasteiger partial charge < -0.3 is 5.73 Å². The Labute approximate surface area is 103 Å². The molecule has 0 spiro atoms. The normalized spacial score (nSPS) is 7.54. The SMILES string of the molecule is CCc1ccccc1.[NH-]C(=S)S.[Zn]. The Morgan fingerprint density at radius 3 is 2.00 bits per heavy atom. The zero-order valence-electron chi connectivity index (χ0n) is 7.66. The van der Waals surface area contributed by atoms with Gasteiger partial charge in [-0.3, -0.25) is 0 Å². The van der Waals surface area contributed by atoms with Gasteiger partial charge in [-0.2, -0.15) is 12.6 Å². The van der Waals surface area contributed by atoms with Gasteiger partial charge in [-0.05, 0) is 16.3 Å². The average Bonchev–Trinajstić information content (AvgIpc) is 2.05. The Morgan fingerprint density at radius 2 is 1.77 bits per heavy atom. The number of thiocarbonyl (C=S) groups is 1. The van der Waals surface area contributed by atoms with Crippen molar-refractivity contribution in [3.8, 4) is 0 Å². The van der Waals surface area contributed by atoms with Crippen molar-refractivity contribution in [1.29, 1.82) is 0 Å². The maximum absolute atomic E-state index is 6.18. The van der Waals surface area contributed by atoms with Gasteiger partial charge in [0.05, 0.1) is 0 Å². The number of hydrogen-bond acceptors (Lipinski definition) is 1. The van der Waals surface area contributed by atoms with Crippen LogP contribution in [0.15, 0.2) is 30.3 Å². The molecule has 0 aliphatic heterocycles. The molecule has 1 aromatic rings. The molecule has 0 fully saturated rings. The molecule has 0 bridgehead atoms. The Morgan fingerprint density at radius 1 is 1.38 bits per heavy atom. The quantitative estimate of drug-likeness (QED) is 0.468. The molecule has 0 unspecified atom stereocenters. The maximum atomic E-state index is 6.18. The zero-order chi connectivity index (χ0) is 9.40. The van der Waals surface area contributed by atoms with Gasteiger partial charge in [0, 0.05) is 19.5 Å². The molecule has 1 nitrogen and oxygen atoms in total. The minimum atomic E-state index is -0.0556. The number of benzene rings is 1. The molecule has 0 aliphatic rings. The monoisotopic (exact) mass is 262 g/mol. The van der Waals surface area contributed by atoms with Crippen molar-refractivity contribution >= 4 is 29.2 Å². The van der Waals surface area contributed by atoms with Gasteiger partial charge in [0.25, 0.3) is 0 Å². The van der Waals surface area contributed by atoms with Crippen molar-refractivity contribution in [3.05, 3.63) is 41.6 Å². The van der Waals surface area contributed by atoms with Crippen LogP contribution in [-0.2, 0) is 25.9 Å². The van der Waals surface area contributed by atoms with Crippen molar-refractivity contribution in [2.75, 3.05) is 0 Å². The summed E-state index contributed by atoms with van der Waals surface area (Å²) in [5, 5.41) is 0. The fourth-order valence-electron chi connectivity index (χ4n) is 0.714. The second-order valence-corrected chi connectivity index (χ2v) is 3.30. The molecular formula is C9H12NS2Zn-. The van der Waals surface area contributed by atoms with E-state index >= 15 is 0 Å². The van der Waals surface area contributed by atoms with Crippen LogP contribution in [-0.4, -0.2) is 4.32 Å². The van der Waals surface area contributed by atoms with Gasteiger partial charge in [0.2, 0.25) is 0 Å². The minimum absolute atomic E-state index is 0. The predicted molar refractivity (Wildman–Crippen MR) is 61.7 cm³/mol. The minimum Gasteiger partial charge on any atom is -0.684 e. The summed E-state index contributed by atoms with van der Waals surface area (Å²) >= 11 is 7.43. The van der Waals surface area contributed by atoms with E-state index in [-0.39, 0.29) is 23.8 Å². The van der Waals surface area contributed by atoms with Crippen LogP contribution in [0.4, 0.5) is 0 Å². The van der Waals surface area contributed by atoms with Crippen molar-refractivity contribution in [2.24, 2.45) is 0 Å². The summed E-state index contributed by atoms with van der Waals surface area (Å²) in [6, 6.07) is 10.5. The Bertz CT molecular complexity index is 222. The summed E-state index contributed by atoms with van der Waals surface area (Å²) in [6.07, 6.45) is 1.14. The number of hydrogen-bond donors (Lipinski definition) is 1. The molecular weight excluding hydrogens is 252 g/mol. The first kappa shape index (κ1) is 15.6. The number of nitrogens with one attached hydrogen (secondary N) is 1. The first-order valence-electron chi connectivity index (χ1n) is 3.65. The van der Waals surface area contributed by atoms with Crippen LogP contribution in [0, 0.1) is 0 Å². The van der Waals surface area contributed by atoms with Gasteiger partial charge in [0.1, 0.15) is 0 Å². The summed E-state index contributed by atoms with van der Waals surface area (Å²) in [7, 11) is 0. The van der Waals surface area contributed by atoms with Crippen LogP contribution in [0.25, 0.3) is 5.73 Å². The Balaban J connectivity index is 0. The van der Waals surface area contributed by atoms with E-state index in [0.29, 0.717) is 0 Å². The van der Waals surface area contributed by atoms with E-state index in [4.69, 9.17) is 5.73 Å². The van der Waals surface area contributed by atoms with Crippen LogP contribution in [0.5, 0.6) is 0 Å². The fraction of sp³-hybridized carbons (Fsp3) is 0.222. The first-order valence-corrected chi connectivity index (χ1v) is 4.50. The standard InChI is InChI=1S/C8H10.CH3NS2.Zn/c1-2-8-6-4-3-5-7-8;2-1(3)4;/h3-7H,2H2,1H3;(H3,2,3,4);/p-1. The van der Waals surface area contributed by atoms with E-state index in [1.165, 1.54) is 5.56 Å². The van der Waals surface area contributed by atoms with Gasteiger partial charge >= 0.3 is 0 Å². The van der Waals surface area contributed by atoms with Gasteiger partial charge in [-0.1, -0.05) is 49.5 Å². The van der Waals surface area contributed by atoms with E-state index in [1.807, 2.05) is 6.07 Å². The average molecular weight is 264 g/mol. The summed E-state index contributed by atoms with van der Waals surface area (Å²) in [4.78, 5) is 0. The van der Waals surface area contributed by atoms with Gasteiger partial charge in [0.15, 0.2) is 0 Å². The second kappa shape index (κ2) is 10.2. The largest absolute Gasteiger partial charge is 0.684 e. The van der Waals surface area contributed by atoms with E-state index in [2.05, 4.69) is 56.0 Å². The molecule has 0 aliphatic carbocycles. The molecule has 13 heavy (non-hydrogen) atoms. The molecule has 0 saturated carbocycles. The molecule has 1 aromatic carbocycles. The third kappa shape index (κ3) is 12.1. The van der Waals surface area contributed by atoms with Crippen LogP contribution < -0.4 is 0 Å². The van der Waals surface area contributed by atoms with E-state index in [1.54, 1.807) is 0 Å². The number of aryl methyl sites for hydroxylation is 1. The summed E-state index contributed by atoms with van der Waals surface area (Å²) in [5.74, 6) is 0. The summed E-state index contributed by atoms with van der Waals surface area (Å²) in [5.41, 5.74) is 7.59. The maximum Gasteiger partial charge on any atom is 0 e. The van der Waals surface area contributed by atoms with Crippen molar-refractivity contribution in [1.82, 2.24) is 0 Å². The zero-order valence-corrected chi connectivity index (χ0v) is 12.3. The molecule has 0 atom stereocenters. The van der Waals surface area contributed by atoms with Crippen LogP contribution in [0.2, 0.25) is 0 Å². The van der Waals surface area contributed by atoms with Crippen LogP contribution in [0.3, 0.4) is 0 Å². The summed E-state index contributed by atoms with van der Waals surface area (Å²) in [6.45, 7) is 2.16. The summed E-state index contributed by atoms with van der Waals surface area (Å²) < 4.78 is -0.0556. The third-order valence-corrected chi connectivity index (χ3v) is 1.25. The predicted octanol–water partition coefficient (Wildman–Crippen LogP) is 3.50. The smallest absolute Gasteiger partial charge is 0 e. The van der Waals surface area contributed by atoms with E-state index in [0.717, 1.165) is 6.42 Å². The molecule has 0 radical (unpaired) electrons. The molecule has 0 saturated heterocycles. The Hall–Kier alpha value is 0.0834. The van der Waals surface area contributed by atoms with Crippen molar-refractivity contribution in [3.63, 3.8) is 0 Å². The van der Waals surface area contributed by atoms with Crippen LogP contribution >= 0.6 is 24.8 Å². The van der Waals surface area contributed by atoms with E-state index < -0.39 is 0 Å². The van der Waals surface area contributed by atoms with Gasteiger partial charge in [-0.25, -0.2) is 0 Å². The fourth-order valence-corrected chi connectivity index (χ4v) is 0.714. The second-order valence-electron chi connectivity index (χ2n) is 2.14. The third-order valence-electron chi connectivity index (χ3n) is 1.25. The van der Waals surface area contributed by atoms with E-state index in [9.17, 15) is 0 Å². The molecule has 1 rings (SSSR count). The molecule has 68 valence electrons. The van der Waals surface area contributed by atoms with Crippen molar-refractivity contribution < 1.29 is 19.5 Å². The number of rotatable bonds is 1. The molecule has 0 aromatic heterocycles. The Kier molecular flexibility index (Phi) is 12.2. The van der Waals surface area contributed by atoms with Gasteiger partial charge in [-0.15, -0.1) is 0 Å². The van der Waals surface area contributed by atoms with Crippen LogP contribution in [0.1, 0.15) is 12.5 Å². The first-order chi connectivity index (χ1) is 5.66. The van der Waals surface area contributed by atoms with Crippen molar-refractivity contribution in [2.45, 2.75) is 13.3 Å². The molecule has 4 heteroatoms. The topological polar surface area (TPSA) is 23.8 Å². The molecule has 1 N–H and O–H groups in total. The molecule has 0 heterocycles.